The predicted molar refractivity (Wildman–Crippen MR) is 77.5 cm³/mol. The number of rotatable bonds is 2. The summed E-state index contributed by atoms with van der Waals surface area (Å²) in [4.78, 5) is 26.1. The summed E-state index contributed by atoms with van der Waals surface area (Å²) < 4.78 is 0. The Morgan fingerprint density at radius 1 is 1.15 bits per heavy atom. The van der Waals surface area contributed by atoms with Crippen molar-refractivity contribution in [3.05, 3.63) is 33.8 Å². The Kier molecular flexibility index (Phi) is 3.51. The quantitative estimate of drug-likeness (QED) is 0.779. The third-order valence-corrected chi connectivity index (χ3v) is 4.98. The molecule has 0 bridgehead atoms. The van der Waals surface area contributed by atoms with Crippen LogP contribution in [0, 0.1) is 5.41 Å². The van der Waals surface area contributed by atoms with Crippen LogP contribution in [0.25, 0.3) is 0 Å². The van der Waals surface area contributed by atoms with E-state index in [1.807, 2.05) is 0 Å². The molecule has 5 heteroatoms. The maximum absolute atomic E-state index is 12.6. The molecule has 106 valence electrons. The van der Waals surface area contributed by atoms with Crippen LogP contribution in [0.1, 0.15) is 37.7 Å². The first-order chi connectivity index (χ1) is 9.52. The first-order valence-electron chi connectivity index (χ1n) is 6.81. The van der Waals surface area contributed by atoms with Crippen LogP contribution < -0.4 is 0 Å². The molecule has 2 aliphatic rings. The van der Waals surface area contributed by atoms with Gasteiger partial charge in [-0.15, -0.1) is 0 Å². The van der Waals surface area contributed by atoms with Gasteiger partial charge in [0.1, 0.15) is 0 Å². The molecule has 1 heterocycles. The Hall–Kier alpha value is -1.06. The molecule has 0 unspecified atom stereocenters. The molecule has 3 nitrogen and oxygen atoms in total. The van der Waals surface area contributed by atoms with Crippen molar-refractivity contribution in [3.8, 4) is 0 Å². The summed E-state index contributed by atoms with van der Waals surface area (Å²) in [6, 6.07) is 5.12. The van der Waals surface area contributed by atoms with E-state index in [1.165, 1.54) is 4.90 Å². The molecular formula is C15H15Cl2NO2. The highest BCUT2D eigenvalue weighted by Crippen LogP contribution is 2.47. The predicted octanol–water partition coefficient (Wildman–Crippen LogP) is 3.81. The van der Waals surface area contributed by atoms with E-state index in [9.17, 15) is 9.59 Å². The highest BCUT2D eigenvalue weighted by Gasteiger charge is 2.52. The number of likely N-dealkylation sites (tertiary alicyclic amines) is 1. The van der Waals surface area contributed by atoms with Crippen molar-refractivity contribution in [2.75, 3.05) is 0 Å². The SMILES string of the molecule is O=C1CC2(CCCC2)C(=O)N1Cc1ccc(Cl)cc1Cl. The second kappa shape index (κ2) is 5.05. The van der Waals surface area contributed by atoms with Gasteiger partial charge in [0.15, 0.2) is 0 Å². The van der Waals surface area contributed by atoms with Crippen molar-refractivity contribution in [3.63, 3.8) is 0 Å². The average molecular weight is 312 g/mol. The van der Waals surface area contributed by atoms with Gasteiger partial charge in [0.25, 0.3) is 0 Å². The lowest BCUT2D eigenvalue weighted by Crippen LogP contribution is -2.34. The maximum atomic E-state index is 12.6. The van der Waals surface area contributed by atoms with Gasteiger partial charge in [-0.2, -0.15) is 0 Å². The smallest absolute Gasteiger partial charge is 0.236 e. The fraction of sp³-hybridized carbons (Fsp3) is 0.467. The molecular weight excluding hydrogens is 297 g/mol. The van der Waals surface area contributed by atoms with Crippen molar-refractivity contribution in [1.29, 1.82) is 0 Å². The fourth-order valence-electron chi connectivity index (χ4n) is 3.28. The van der Waals surface area contributed by atoms with E-state index >= 15 is 0 Å². The molecule has 1 aromatic rings. The monoisotopic (exact) mass is 311 g/mol. The van der Waals surface area contributed by atoms with E-state index in [2.05, 4.69) is 0 Å². The molecule has 0 aromatic heterocycles. The van der Waals surface area contributed by atoms with Crippen LogP contribution in [-0.4, -0.2) is 16.7 Å². The largest absolute Gasteiger partial charge is 0.278 e. The zero-order valence-corrected chi connectivity index (χ0v) is 12.5. The Morgan fingerprint density at radius 2 is 1.85 bits per heavy atom. The zero-order chi connectivity index (χ0) is 14.3. The second-order valence-corrected chi connectivity index (χ2v) is 6.53. The van der Waals surface area contributed by atoms with Crippen molar-refractivity contribution in [2.45, 2.75) is 38.6 Å². The van der Waals surface area contributed by atoms with Crippen molar-refractivity contribution in [1.82, 2.24) is 4.90 Å². The van der Waals surface area contributed by atoms with Gasteiger partial charge in [-0.05, 0) is 30.5 Å². The zero-order valence-electron chi connectivity index (χ0n) is 11.0. The second-order valence-electron chi connectivity index (χ2n) is 5.68. The molecule has 1 saturated carbocycles. The molecule has 2 amide bonds. The highest BCUT2D eigenvalue weighted by atomic mass is 35.5. The van der Waals surface area contributed by atoms with E-state index in [-0.39, 0.29) is 18.4 Å². The van der Waals surface area contributed by atoms with Crippen molar-refractivity contribution in [2.24, 2.45) is 5.41 Å². The molecule has 2 fully saturated rings. The van der Waals surface area contributed by atoms with Crippen molar-refractivity contribution >= 4 is 35.0 Å². The lowest BCUT2D eigenvalue weighted by molar-refractivity contribution is -0.142. The third-order valence-electron chi connectivity index (χ3n) is 4.39. The van der Waals surface area contributed by atoms with Crippen LogP contribution >= 0.6 is 23.2 Å². The topological polar surface area (TPSA) is 37.4 Å². The van der Waals surface area contributed by atoms with Gasteiger partial charge >= 0.3 is 0 Å². The van der Waals surface area contributed by atoms with Gasteiger partial charge in [-0.1, -0.05) is 42.1 Å². The molecule has 0 atom stereocenters. The minimum atomic E-state index is -0.421. The summed E-state index contributed by atoms with van der Waals surface area (Å²) in [5, 5.41) is 1.04. The molecule has 1 aliphatic heterocycles. The highest BCUT2D eigenvalue weighted by molar-refractivity contribution is 6.35. The number of nitrogens with zero attached hydrogens (tertiary/aromatic N) is 1. The van der Waals surface area contributed by atoms with Crippen LogP contribution in [0.4, 0.5) is 0 Å². The Morgan fingerprint density at radius 3 is 2.50 bits per heavy atom. The summed E-state index contributed by atoms with van der Waals surface area (Å²) in [7, 11) is 0. The van der Waals surface area contributed by atoms with E-state index in [0.717, 1.165) is 31.2 Å². The van der Waals surface area contributed by atoms with E-state index in [0.29, 0.717) is 16.5 Å². The summed E-state index contributed by atoms with van der Waals surface area (Å²) in [5.41, 5.74) is 0.337. The van der Waals surface area contributed by atoms with E-state index < -0.39 is 5.41 Å². The molecule has 1 spiro atoms. The van der Waals surface area contributed by atoms with Gasteiger partial charge in [0, 0.05) is 16.5 Å². The van der Waals surface area contributed by atoms with Gasteiger partial charge in [0.2, 0.25) is 11.8 Å². The minimum Gasteiger partial charge on any atom is -0.278 e. The van der Waals surface area contributed by atoms with Gasteiger partial charge in [0.05, 0.1) is 12.0 Å². The molecule has 1 aromatic carbocycles. The number of halogens is 2. The molecule has 0 N–H and O–H groups in total. The molecule has 1 aliphatic carbocycles. The average Bonchev–Trinajstić information content (AvgIpc) is 2.94. The first-order valence-corrected chi connectivity index (χ1v) is 7.56. The summed E-state index contributed by atoms with van der Waals surface area (Å²) >= 11 is 12.0. The van der Waals surface area contributed by atoms with E-state index in [1.54, 1.807) is 18.2 Å². The lowest BCUT2D eigenvalue weighted by Gasteiger charge is -2.21. The van der Waals surface area contributed by atoms with Gasteiger partial charge in [-0.3, -0.25) is 14.5 Å². The molecule has 0 radical (unpaired) electrons. The van der Waals surface area contributed by atoms with Crippen LogP contribution in [0.3, 0.4) is 0 Å². The molecule has 20 heavy (non-hydrogen) atoms. The Labute approximate surface area is 127 Å². The number of hydrogen-bond donors (Lipinski definition) is 0. The number of hydrogen-bond acceptors (Lipinski definition) is 2. The molecule has 1 saturated heterocycles. The Bertz CT molecular complexity index is 579. The van der Waals surface area contributed by atoms with Crippen LogP contribution in [0.5, 0.6) is 0 Å². The number of imide groups is 1. The lowest BCUT2D eigenvalue weighted by atomic mass is 9.84. The van der Waals surface area contributed by atoms with E-state index in [4.69, 9.17) is 23.2 Å². The Balaban J connectivity index is 1.84. The molecule has 3 rings (SSSR count). The number of amides is 2. The maximum Gasteiger partial charge on any atom is 0.236 e. The first kappa shape index (κ1) is 13.9. The fourth-order valence-corrected chi connectivity index (χ4v) is 3.75. The van der Waals surface area contributed by atoms with Crippen LogP contribution in [-0.2, 0) is 16.1 Å². The summed E-state index contributed by atoms with van der Waals surface area (Å²) in [5.74, 6) is -0.103. The third kappa shape index (κ3) is 2.23. The minimum absolute atomic E-state index is 0.0222. The number of carbonyl (C=O) groups is 2. The summed E-state index contributed by atoms with van der Waals surface area (Å²) in [6.45, 7) is 0.245. The summed E-state index contributed by atoms with van der Waals surface area (Å²) in [6.07, 6.45) is 4.10. The van der Waals surface area contributed by atoms with Crippen molar-refractivity contribution < 1.29 is 9.59 Å². The van der Waals surface area contributed by atoms with Crippen LogP contribution in [0.2, 0.25) is 10.0 Å². The van der Waals surface area contributed by atoms with Gasteiger partial charge < -0.3 is 0 Å². The number of carbonyl (C=O) groups excluding carboxylic acids is 2. The standard InChI is InChI=1S/C15H15Cl2NO2/c16-11-4-3-10(12(17)7-11)9-18-13(19)8-15(14(18)20)5-1-2-6-15/h3-4,7H,1-2,5-6,8-9H2. The van der Waals surface area contributed by atoms with Gasteiger partial charge in [-0.25, -0.2) is 0 Å². The van der Waals surface area contributed by atoms with Crippen LogP contribution in [0.15, 0.2) is 18.2 Å². The number of benzene rings is 1. The normalized spacial score (nSPS) is 21.2.